The quantitative estimate of drug-likeness (QED) is 0.420. The SMILES string of the molecule is CC(C)(C)c1cc[n+](C(=C=N)C#N)cc1. The molecule has 0 bridgehead atoms. The minimum Gasteiger partial charge on any atom is -0.252 e. The lowest BCUT2D eigenvalue weighted by molar-refractivity contribution is -0.576. The summed E-state index contributed by atoms with van der Waals surface area (Å²) in [4.78, 5) is 0. The van der Waals surface area contributed by atoms with Crippen LogP contribution >= 0.6 is 0 Å². The van der Waals surface area contributed by atoms with Crippen molar-refractivity contribution in [1.29, 1.82) is 10.7 Å². The summed E-state index contributed by atoms with van der Waals surface area (Å²) in [6, 6.07) is 5.81. The highest BCUT2D eigenvalue weighted by molar-refractivity contribution is 5.80. The average molecular weight is 200 g/mol. The van der Waals surface area contributed by atoms with E-state index in [-0.39, 0.29) is 11.1 Å². The highest BCUT2D eigenvalue weighted by Crippen LogP contribution is 2.20. The van der Waals surface area contributed by atoms with Gasteiger partial charge < -0.3 is 0 Å². The van der Waals surface area contributed by atoms with Crippen molar-refractivity contribution in [2.45, 2.75) is 26.2 Å². The molecule has 3 heteroatoms. The molecule has 1 heterocycles. The van der Waals surface area contributed by atoms with E-state index < -0.39 is 0 Å². The first-order chi connectivity index (χ1) is 6.99. The standard InChI is InChI=1S/C12H14N3/c1-12(2,3)10-4-6-15(7-5-10)11(8-13)9-14/h4-7,13H,1-3H3/q+1. The lowest BCUT2D eigenvalue weighted by atomic mass is 9.88. The van der Waals surface area contributed by atoms with E-state index in [2.05, 4.69) is 26.6 Å². The molecule has 76 valence electrons. The Morgan fingerprint density at radius 1 is 1.33 bits per heavy atom. The molecule has 3 nitrogen and oxygen atoms in total. The van der Waals surface area contributed by atoms with Crippen molar-refractivity contribution in [3.63, 3.8) is 0 Å². The minimum absolute atomic E-state index is 0.0975. The molecule has 0 unspecified atom stereocenters. The summed E-state index contributed by atoms with van der Waals surface area (Å²) < 4.78 is 1.59. The van der Waals surface area contributed by atoms with Crippen LogP contribution in [-0.4, -0.2) is 5.87 Å². The Bertz CT molecular complexity index is 437. The molecule has 0 amide bonds. The number of hydrogen-bond acceptors (Lipinski definition) is 2. The number of pyridine rings is 1. The van der Waals surface area contributed by atoms with Crippen LogP contribution in [-0.2, 0) is 5.41 Å². The molecule has 0 radical (unpaired) electrons. The summed E-state index contributed by atoms with van der Waals surface area (Å²) in [7, 11) is 0. The Morgan fingerprint density at radius 3 is 2.20 bits per heavy atom. The molecule has 0 saturated carbocycles. The van der Waals surface area contributed by atoms with E-state index in [1.54, 1.807) is 17.0 Å². The smallest absolute Gasteiger partial charge is 0.252 e. The molecule has 15 heavy (non-hydrogen) atoms. The predicted molar refractivity (Wildman–Crippen MR) is 58.4 cm³/mol. The van der Waals surface area contributed by atoms with Gasteiger partial charge in [-0.25, -0.2) is 0 Å². The normalized spacial score (nSPS) is 10.3. The van der Waals surface area contributed by atoms with E-state index in [0.717, 1.165) is 0 Å². The molecular weight excluding hydrogens is 186 g/mol. The first kappa shape index (κ1) is 11.2. The molecule has 0 aromatic carbocycles. The van der Waals surface area contributed by atoms with Gasteiger partial charge in [-0.3, -0.25) is 5.41 Å². The Labute approximate surface area is 89.8 Å². The predicted octanol–water partition coefficient (Wildman–Crippen LogP) is 1.88. The van der Waals surface area contributed by atoms with Gasteiger partial charge in [-0.05, 0) is 11.0 Å². The topological polar surface area (TPSA) is 51.5 Å². The van der Waals surface area contributed by atoms with Gasteiger partial charge in [0.05, 0.1) is 5.87 Å². The van der Waals surface area contributed by atoms with Gasteiger partial charge in [0, 0.05) is 12.1 Å². The fraction of sp³-hybridized carbons (Fsp3) is 0.333. The van der Waals surface area contributed by atoms with Crippen LogP contribution in [0.15, 0.2) is 24.5 Å². The van der Waals surface area contributed by atoms with Crippen molar-refractivity contribution in [3.05, 3.63) is 30.1 Å². The van der Waals surface area contributed by atoms with Gasteiger partial charge >= 0.3 is 5.70 Å². The van der Waals surface area contributed by atoms with Crippen molar-refractivity contribution in [3.8, 4) is 6.07 Å². The minimum atomic E-state index is 0.0975. The van der Waals surface area contributed by atoms with Crippen LogP contribution in [0, 0.1) is 16.7 Å². The van der Waals surface area contributed by atoms with Gasteiger partial charge in [0.1, 0.15) is 0 Å². The van der Waals surface area contributed by atoms with Gasteiger partial charge in [0.25, 0.3) is 0 Å². The molecule has 1 rings (SSSR count). The number of nitriles is 1. The number of rotatable bonds is 1. The van der Waals surface area contributed by atoms with Crippen molar-refractivity contribution in [2.75, 3.05) is 0 Å². The van der Waals surface area contributed by atoms with Gasteiger partial charge in [-0.15, -0.1) is 4.57 Å². The van der Waals surface area contributed by atoms with E-state index in [1.165, 1.54) is 5.56 Å². The zero-order chi connectivity index (χ0) is 11.5. The van der Waals surface area contributed by atoms with E-state index >= 15 is 0 Å². The van der Waals surface area contributed by atoms with Crippen molar-refractivity contribution >= 4 is 11.6 Å². The van der Waals surface area contributed by atoms with Crippen LogP contribution in [0.2, 0.25) is 0 Å². The molecule has 1 aromatic heterocycles. The summed E-state index contributed by atoms with van der Waals surface area (Å²) in [5.41, 5.74) is 1.48. The van der Waals surface area contributed by atoms with Crippen LogP contribution < -0.4 is 4.57 Å². The molecular formula is C12H14N3+. The zero-order valence-corrected chi connectivity index (χ0v) is 9.20. The zero-order valence-electron chi connectivity index (χ0n) is 9.20. The van der Waals surface area contributed by atoms with Gasteiger partial charge in [-0.1, -0.05) is 20.8 Å². The van der Waals surface area contributed by atoms with Crippen LogP contribution in [0.4, 0.5) is 0 Å². The molecule has 1 aromatic rings. The second-order valence-electron chi connectivity index (χ2n) is 4.33. The van der Waals surface area contributed by atoms with Gasteiger partial charge in [0.2, 0.25) is 0 Å². The second-order valence-corrected chi connectivity index (χ2v) is 4.33. The van der Waals surface area contributed by atoms with Crippen LogP contribution in [0.25, 0.3) is 5.70 Å². The largest absolute Gasteiger partial charge is 0.351 e. The monoisotopic (exact) mass is 200 g/mol. The van der Waals surface area contributed by atoms with Crippen molar-refractivity contribution in [2.24, 2.45) is 0 Å². The Hall–Kier alpha value is -1.91. The highest BCUT2D eigenvalue weighted by atomic mass is 14.9. The second kappa shape index (κ2) is 4.08. The third-order valence-corrected chi connectivity index (χ3v) is 2.18. The number of nitrogens with one attached hydrogen (secondary N) is 1. The Kier molecular flexibility index (Phi) is 3.04. The molecule has 1 N–H and O–H groups in total. The van der Waals surface area contributed by atoms with E-state index in [1.807, 2.05) is 18.2 Å². The fourth-order valence-corrected chi connectivity index (χ4v) is 1.23. The number of aromatic nitrogens is 1. The van der Waals surface area contributed by atoms with E-state index in [0.29, 0.717) is 0 Å². The Morgan fingerprint density at radius 2 is 1.87 bits per heavy atom. The van der Waals surface area contributed by atoms with Crippen LogP contribution in [0.5, 0.6) is 0 Å². The third-order valence-electron chi connectivity index (χ3n) is 2.18. The average Bonchev–Trinajstić information content (AvgIpc) is 2.19. The maximum Gasteiger partial charge on any atom is 0.351 e. The number of nitrogens with zero attached hydrogens (tertiary/aromatic N) is 2. The Balaban J connectivity index is 3.12. The van der Waals surface area contributed by atoms with Crippen molar-refractivity contribution < 1.29 is 4.57 Å². The van der Waals surface area contributed by atoms with Gasteiger partial charge in [-0.2, -0.15) is 5.26 Å². The molecule has 0 fully saturated rings. The summed E-state index contributed by atoms with van der Waals surface area (Å²) in [5.74, 6) is 2.09. The first-order valence-corrected chi connectivity index (χ1v) is 4.71. The highest BCUT2D eigenvalue weighted by Gasteiger charge is 2.16. The summed E-state index contributed by atoms with van der Waals surface area (Å²) in [5, 5.41) is 15.7. The number of hydrogen-bond donors (Lipinski definition) is 1. The molecule has 0 aliphatic heterocycles. The summed E-state index contributed by atoms with van der Waals surface area (Å²) >= 11 is 0. The third kappa shape index (κ3) is 2.52. The molecule has 0 atom stereocenters. The molecule has 0 spiro atoms. The van der Waals surface area contributed by atoms with Gasteiger partial charge in [0.15, 0.2) is 18.5 Å². The van der Waals surface area contributed by atoms with Crippen molar-refractivity contribution in [1.82, 2.24) is 0 Å². The maximum atomic E-state index is 8.72. The summed E-state index contributed by atoms with van der Waals surface area (Å²) in [6.45, 7) is 6.39. The molecule has 0 saturated heterocycles. The fourth-order valence-electron chi connectivity index (χ4n) is 1.23. The summed E-state index contributed by atoms with van der Waals surface area (Å²) in [6.07, 6.45) is 3.56. The molecule has 0 aliphatic rings. The lowest BCUT2D eigenvalue weighted by Gasteiger charge is -2.17. The number of allylic oxidation sites excluding steroid dienone is 1. The maximum absolute atomic E-state index is 8.72. The van der Waals surface area contributed by atoms with Crippen LogP contribution in [0.1, 0.15) is 26.3 Å². The lowest BCUT2D eigenvalue weighted by Crippen LogP contribution is -2.31. The van der Waals surface area contributed by atoms with E-state index in [9.17, 15) is 0 Å². The molecule has 0 aliphatic carbocycles. The van der Waals surface area contributed by atoms with Crippen LogP contribution in [0.3, 0.4) is 0 Å². The van der Waals surface area contributed by atoms with E-state index in [4.69, 9.17) is 10.7 Å². The first-order valence-electron chi connectivity index (χ1n) is 4.71.